The molecule has 0 bridgehead atoms. The molecule has 88 valence electrons. The zero-order valence-corrected chi connectivity index (χ0v) is 9.75. The summed E-state index contributed by atoms with van der Waals surface area (Å²) in [6, 6.07) is 4.78. The fraction of sp³-hybridized carbons (Fsp3) is 0.500. The van der Waals surface area contributed by atoms with Crippen LogP contribution < -0.4 is 0 Å². The Hall–Kier alpha value is -0.640. The summed E-state index contributed by atoms with van der Waals surface area (Å²) in [4.78, 5) is 2.16. The molecule has 0 aromatic heterocycles. The molecule has 16 heavy (non-hydrogen) atoms. The van der Waals surface area contributed by atoms with Crippen molar-refractivity contribution >= 4 is 11.6 Å². The van der Waals surface area contributed by atoms with Gasteiger partial charge < -0.3 is 5.11 Å². The zero-order chi connectivity index (χ0) is 11.5. The highest BCUT2D eigenvalue weighted by atomic mass is 35.5. The molecule has 1 saturated heterocycles. The van der Waals surface area contributed by atoms with Crippen LogP contribution in [0.5, 0.6) is 0 Å². The number of likely N-dealkylation sites (tertiary alicyclic amines) is 1. The summed E-state index contributed by atoms with van der Waals surface area (Å²) in [5, 5.41) is 9.69. The van der Waals surface area contributed by atoms with Crippen molar-refractivity contribution in [3.05, 3.63) is 34.6 Å². The lowest BCUT2D eigenvalue weighted by Crippen LogP contribution is -2.37. The summed E-state index contributed by atoms with van der Waals surface area (Å²) in [7, 11) is 0. The van der Waals surface area contributed by atoms with E-state index in [1.807, 2.05) is 0 Å². The maximum atomic E-state index is 13.0. The van der Waals surface area contributed by atoms with Crippen LogP contribution in [-0.2, 0) is 6.54 Å². The van der Waals surface area contributed by atoms with Crippen LogP contribution in [0.15, 0.2) is 18.2 Å². The van der Waals surface area contributed by atoms with E-state index in [1.54, 1.807) is 12.1 Å². The summed E-state index contributed by atoms with van der Waals surface area (Å²) >= 11 is 5.72. The second-order valence-corrected chi connectivity index (χ2v) is 4.69. The first kappa shape index (κ1) is 11.8. The number of piperidine rings is 1. The topological polar surface area (TPSA) is 23.5 Å². The van der Waals surface area contributed by atoms with E-state index in [-0.39, 0.29) is 16.9 Å². The van der Waals surface area contributed by atoms with Crippen molar-refractivity contribution in [2.45, 2.75) is 25.5 Å². The largest absolute Gasteiger partial charge is 0.392 e. The van der Waals surface area contributed by atoms with Gasteiger partial charge in [0, 0.05) is 13.1 Å². The fourth-order valence-electron chi connectivity index (χ4n) is 2.07. The number of halogens is 2. The minimum Gasteiger partial charge on any atom is -0.392 e. The lowest BCUT2D eigenvalue weighted by atomic mass is 10.1. The molecule has 1 aliphatic heterocycles. The number of hydrogen-bond acceptors (Lipinski definition) is 2. The third-order valence-corrected chi connectivity index (χ3v) is 3.16. The van der Waals surface area contributed by atoms with Gasteiger partial charge in [0.2, 0.25) is 0 Å². The third kappa shape index (κ3) is 2.94. The van der Waals surface area contributed by atoms with E-state index in [2.05, 4.69) is 4.90 Å². The molecule has 4 heteroatoms. The van der Waals surface area contributed by atoms with E-state index in [1.165, 1.54) is 6.07 Å². The van der Waals surface area contributed by atoms with Crippen molar-refractivity contribution in [3.8, 4) is 0 Å². The molecule has 2 nitrogen and oxygen atoms in total. The van der Waals surface area contributed by atoms with E-state index in [9.17, 15) is 9.50 Å². The van der Waals surface area contributed by atoms with Gasteiger partial charge in [-0.05, 0) is 37.1 Å². The van der Waals surface area contributed by atoms with E-state index >= 15 is 0 Å². The predicted molar refractivity (Wildman–Crippen MR) is 61.9 cm³/mol. The average Bonchev–Trinajstić information content (AvgIpc) is 2.24. The number of aliphatic hydroxyl groups excluding tert-OH is 1. The summed E-state index contributed by atoms with van der Waals surface area (Å²) in [5.74, 6) is -0.385. The molecule has 1 heterocycles. The van der Waals surface area contributed by atoms with Gasteiger partial charge in [-0.2, -0.15) is 0 Å². The molecule has 0 aliphatic carbocycles. The number of β-amino-alcohol motifs (C(OH)–C–C–N with tert-alkyl or cyclic N) is 1. The first-order valence-electron chi connectivity index (χ1n) is 5.49. The van der Waals surface area contributed by atoms with E-state index < -0.39 is 0 Å². The quantitative estimate of drug-likeness (QED) is 0.863. The number of nitrogens with zero attached hydrogens (tertiary/aromatic N) is 1. The minimum atomic E-state index is -0.385. The van der Waals surface area contributed by atoms with Crippen molar-refractivity contribution in [1.82, 2.24) is 4.90 Å². The molecule has 0 amide bonds. The van der Waals surface area contributed by atoms with Crippen LogP contribution >= 0.6 is 11.6 Å². The SMILES string of the molecule is O[C@@H]1CCCN(Cc2ccc(F)c(Cl)c2)C1. The van der Waals surface area contributed by atoms with Crippen molar-refractivity contribution < 1.29 is 9.50 Å². The van der Waals surface area contributed by atoms with Crippen LogP contribution in [0.4, 0.5) is 4.39 Å². The second-order valence-electron chi connectivity index (χ2n) is 4.28. The monoisotopic (exact) mass is 243 g/mol. The number of aliphatic hydroxyl groups is 1. The maximum Gasteiger partial charge on any atom is 0.141 e. The standard InChI is InChI=1S/C12H15ClFNO/c13-11-6-9(3-4-12(11)14)7-15-5-1-2-10(16)8-15/h3-4,6,10,16H,1-2,5,7-8H2/t10-/m1/s1. The molecule has 0 spiro atoms. The Balaban J connectivity index is 2.00. The highest BCUT2D eigenvalue weighted by molar-refractivity contribution is 6.30. The molecule has 1 N–H and O–H groups in total. The van der Waals surface area contributed by atoms with E-state index in [0.29, 0.717) is 6.54 Å². The van der Waals surface area contributed by atoms with Crippen LogP contribution in [0, 0.1) is 5.82 Å². The molecule has 0 radical (unpaired) electrons. The Morgan fingerprint density at radius 1 is 1.50 bits per heavy atom. The van der Waals surface area contributed by atoms with Crippen molar-refractivity contribution in [2.24, 2.45) is 0 Å². The Bertz CT molecular complexity index is 372. The average molecular weight is 244 g/mol. The smallest absolute Gasteiger partial charge is 0.141 e. The van der Waals surface area contributed by atoms with Gasteiger partial charge in [0.05, 0.1) is 11.1 Å². The lowest BCUT2D eigenvalue weighted by molar-refractivity contribution is 0.0668. The highest BCUT2D eigenvalue weighted by Gasteiger charge is 2.17. The van der Waals surface area contributed by atoms with Gasteiger partial charge in [-0.15, -0.1) is 0 Å². The van der Waals surface area contributed by atoms with Gasteiger partial charge in [-0.25, -0.2) is 4.39 Å². The first-order valence-corrected chi connectivity index (χ1v) is 5.87. The number of benzene rings is 1. The summed E-state index contributed by atoms with van der Waals surface area (Å²) < 4.78 is 13.0. The fourth-order valence-corrected chi connectivity index (χ4v) is 2.27. The van der Waals surface area contributed by atoms with Crippen LogP contribution in [0.3, 0.4) is 0 Å². The summed E-state index contributed by atoms with van der Waals surface area (Å²) in [6.45, 7) is 2.39. The molecule has 1 fully saturated rings. The van der Waals surface area contributed by atoms with Crippen molar-refractivity contribution in [1.29, 1.82) is 0 Å². The summed E-state index contributed by atoms with van der Waals surface area (Å²) in [6.07, 6.45) is 1.65. The second kappa shape index (κ2) is 5.13. The molecule has 1 atom stereocenters. The first-order chi connectivity index (χ1) is 7.65. The summed E-state index contributed by atoms with van der Waals surface area (Å²) in [5.41, 5.74) is 0.987. The van der Waals surface area contributed by atoms with Gasteiger partial charge in [-0.3, -0.25) is 4.90 Å². The van der Waals surface area contributed by atoms with Gasteiger partial charge in [-0.1, -0.05) is 17.7 Å². The van der Waals surface area contributed by atoms with E-state index in [0.717, 1.165) is 31.5 Å². The maximum absolute atomic E-state index is 13.0. The van der Waals surface area contributed by atoms with Gasteiger partial charge >= 0.3 is 0 Å². The molecule has 1 aromatic rings. The van der Waals surface area contributed by atoms with Crippen LogP contribution in [0.2, 0.25) is 5.02 Å². The van der Waals surface area contributed by atoms with Gasteiger partial charge in [0.15, 0.2) is 0 Å². The number of hydrogen-bond donors (Lipinski definition) is 1. The minimum absolute atomic E-state index is 0.162. The van der Waals surface area contributed by atoms with Crippen LogP contribution in [0.1, 0.15) is 18.4 Å². The lowest BCUT2D eigenvalue weighted by Gasteiger charge is -2.29. The molecule has 1 aliphatic rings. The Morgan fingerprint density at radius 3 is 3.00 bits per heavy atom. The zero-order valence-electron chi connectivity index (χ0n) is 9.00. The molecule has 1 aromatic carbocycles. The molecular formula is C12H15ClFNO. The molecule has 0 unspecified atom stereocenters. The van der Waals surface area contributed by atoms with Crippen LogP contribution in [0.25, 0.3) is 0 Å². The van der Waals surface area contributed by atoms with Crippen molar-refractivity contribution in [3.63, 3.8) is 0 Å². The normalized spacial score (nSPS) is 22.3. The third-order valence-electron chi connectivity index (χ3n) is 2.87. The van der Waals surface area contributed by atoms with Gasteiger partial charge in [0.1, 0.15) is 5.82 Å². The Kier molecular flexibility index (Phi) is 3.79. The predicted octanol–water partition coefficient (Wildman–Crippen LogP) is 2.44. The van der Waals surface area contributed by atoms with Crippen LogP contribution in [-0.4, -0.2) is 29.2 Å². The van der Waals surface area contributed by atoms with E-state index in [4.69, 9.17) is 11.6 Å². The highest BCUT2D eigenvalue weighted by Crippen LogP contribution is 2.19. The van der Waals surface area contributed by atoms with Gasteiger partial charge in [0.25, 0.3) is 0 Å². The number of rotatable bonds is 2. The molecular weight excluding hydrogens is 229 g/mol. The Morgan fingerprint density at radius 2 is 2.31 bits per heavy atom. The molecule has 2 rings (SSSR count). The molecule has 0 saturated carbocycles. The van der Waals surface area contributed by atoms with Crippen molar-refractivity contribution in [2.75, 3.05) is 13.1 Å². The Labute approximate surface area is 99.6 Å².